The number of nitrogens with one attached hydrogen (secondary N) is 1. The molecule has 31 heavy (non-hydrogen) atoms. The molecule has 0 unspecified atom stereocenters. The van der Waals surface area contributed by atoms with Crippen LogP contribution in [0.3, 0.4) is 0 Å². The van der Waals surface area contributed by atoms with Crippen molar-refractivity contribution in [1.82, 2.24) is 4.31 Å². The van der Waals surface area contributed by atoms with Gasteiger partial charge >= 0.3 is 0 Å². The number of hydrogen-bond acceptors (Lipinski definition) is 6. The molecule has 0 radical (unpaired) electrons. The lowest BCUT2D eigenvalue weighted by Crippen LogP contribution is -2.40. The van der Waals surface area contributed by atoms with Crippen LogP contribution in [0.4, 0.5) is 11.4 Å². The van der Waals surface area contributed by atoms with Crippen LogP contribution in [0.1, 0.15) is 42.0 Å². The van der Waals surface area contributed by atoms with Crippen LogP contribution in [0.15, 0.2) is 39.6 Å². The van der Waals surface area contributed by atoms with Crippen LogP contribution in [0.2, 0.25) is 0 Å². The van der Waals surface area contributed by atoms with E-state index in [4.69, 9.17) is 9.15 Å². The first-order valence-corrected chi connectivity index (χ1v) is 12.2. The van der Waals surface area contributed by atoms with E-state index < -0.39 is 15.9 Å². The SMILES string of the molecule is Cc1ccc(C(=O)Nc2cc(S(=O)(=O)N3CCOCC3)ccc2N2CCCCCC2)o1. The summed E-state index contributed by atoms with van der Waals surface area (Å²) in [6, 6.07) is 8.35. The molecule has 2 saturated heterocycles. The molecule has 9 heteroatoms. The Bertz CT molecular complexity index is 1020. The van der Waals surface area contributed by atoms with Crippen molar-refractivity contribution >= 4 is 27.3 Å². The first-order valence-electron chi connectivity index (χ1n) is 10.8. The number of ether oxygens (including phenoxy) is 1. The summed E-state index contributed by atoms with van der Waals surface area (Å²) in [5.41, 5.74) is 1.31. The van der Waals surface area contributed by atoms with Gasteiger partial charge < -0.3 is 19.4 Å². The first-order chi connectivity index (χ1) is 14.9. The highest BCUT2D eigenvalue weighted by atomic mass is 32.2. The van der Waals surface area contributed by atoms with Crippen molar-refractivity contribution in [2.45, 2.75) is 37.5 Å². The van der Waals surface area contributed by atoms with E-state index in [9.17, 15) is 13.2 Å². The van der Waals surface area contributed by atoms with Gasteiger partial charge in [0.2, 0.25) is 10.0 Å². The Morgan fingerprint density at radius 2 is 1.68 bits per heavy atom. The average Bonchev–Trinajstić information content (AvgIpc) is 3.04. The quantitative estimate of drug-likeness (QED) is 0.757. The van der Waals surface area contributed by atoms with Crippen LogP contribution in [-0.2, 0) is 14.8 Å². The van der Waals surface area contributed by atoms with Crippen LogP contribution < -0.4 is 10.2 Å². The Labute approximate surface area is 183 Å². The van der Waals surface area contributed by atoms with Crippen LogP contribution >= 0.6 is 0 Å². The average molecular weight is 448 g/mol. The van der Waals surface area contributed by atoms with E-state index in [0.29, 0.717) is 37.8 Å². The maximum absolute atomic E-state index is 13.2. The second-order valence-corrected chi connectivity index (χ2v) is 9.90. The zero-order chi connectivity index (χ0) is 21.8. The molecule has 2 fully saturated rings. The monoisotopic (exact) mass is 447 g/mol. The minimum Gasteiger partial charge on any atom is -0.456 e. The van der Waals surface area contributed by atoms with Crippen molar-refractivity contribution in [1.29, 1.82) is 0 Å². The molecule has 3 heterocycles. The van der Waals surface area contributed by atoms with Crippen molar-refractivity contribution in [3.8, 4) is 0 Å². The van der Waals surface area contributed by atoms with E-state index >= 15 is 0 Å². The second kappa shape index (κ2) is 9.42. The van der Waals surface area contributed by atoms with Gasteiger partial charge in [0.25, 0.3) is 5.91 Å². The van der Waals surface area contributed by atoms with Crippen molar-refractivity contribution in [3.63, 3.8) is 0 Å². The molecule has 1 amide bonds. The Hall–Kier alpha value is -2.36. The molecule has 8 nitrogen and oxygen atoms in total. The Balaban J connectivity index is 1.68. The highest BCUT2D eigenvalue weighted by Crippen LogP contribution is 2.32. The number of carbonyl (C=O) groups excluding carboxylic acids is 1. The molecule has 4 rings (SSSR count). The number of carbonyl (C=O) groups is 1. The van der Waals surface area contributed by atoms with Crippen LogP contribution in [-0.4, -0.2) is 58.0 Å². The molecule has 168 valence electrons. The van der Waals surface area contributed by atoms with Gasteiger partial charge in [-0.3, -0.25) is 4.79 Å². The lowest BCUT2D eigenvalue weighted by atomic mass is 10.2. The van der Waals surface area contributed by atoms with E-state index in [1.165, 1.54) is 17.1 Å². The highest BCUT2D eigenvalue weighted by molar-refractivity contribution is 7.89. The van der Waals surface area contributed by atoms with Crippen molar-refractivity contribution in [2.24, 2.45) is 0 Å². The number of sulfonamides is 1. The zero-order valence-electron chi connectivity index (χ0n) is 17.8. The number of furan rings is 1. The molecule has 2 aromatic rings. The van der Waals surface area contributed by atoms with Gasteiger partial charge in [0.05, 0.1) is 29.5 Å². The van der Waals surface area contributed by atoms with Crippen LogP contribution in [0.5, 0.6) is 0 Å². The molecule has 0 aliphatic carbocycles. The number of rotatable bonds is 5. The lowest BCUT2D eigenvalue weighted by molar-refractivity contribution is 0.0730. The van der Waals surface area contributed by atoms with E-state index in [-0.39, 0.29) is 10.7 Å². The molecular weight excluding hydrogens is 418 g/mol. The highest BCUT2D eigenvalue weighted by Gasteiger charge is 2.28. The summed E-state index contributed by atoms with van der Waals surface area (Å²) >= 11 is 0. The maximum Gasteiger partial charge on any atom is 0.291 e. The standard InChI is InChI=1S/C22H29N3O5S/c1-17-6-9-21(30-17)22(26)23-19-16-18(31(27,28)25-12-14-29-15-13-25)7-8-20(19)24-10-4-2-3-5-11-24/h6-9,16H,2-5,10-15H2,1H3,(H,23,26). The topological polar surface area (TPSA) is 92.1 Å². The van der Waals surface area contributed by atoms with Gasteiger partial charge in [-0.25, -0.2) is 8.42 Å². The number of benzene rings is 1. The summed E-state index contributed by atoms with van der Waals surface area (Å²) in [7, 11) is -3.68. The third-order valence-corrected chi connectivity index (χ3v) is 7.63. The van der Waals surface area contributed by atoms with Gasteiger partial charge in [-0.15, -0.1) is 0 Å². The molecule has 1 N–H and O–H groups in total. The number of hydrogen-bond donors (Lipinski definition) is 1. The summed E-state index contributed by atoms with van der Waals surface area (Å²) in [5, 5.41) is 2.89. The molecule has 2 aliphatic heterocycles. The van der Waals surface area contributed by atoms with E-state index in [2.05, 4.69) is 10.2 Å². The number of nitrogens with zero attached hydrogens (tertiary/aromatic N) is 2. The van der Waals surface area contributed by atoms with Crippen LogP contribution in [0.25, 0.3) is 0 Å². The van der Waals surface area contributed by atoms with Gasteiger partial charge in [-0.05, 0) is 50.1 Å². The molecule has 0 saturated carbocycles. The summed E-state index contributed by atoms with van der Waals surface area (Å²) in [4.78, 5) is 15.2. The minimum absolute atomic E-state index is 0.166. The van der Waals surface area contributed by atoms with Crippen LogP contribution in [0, 0.1) is 6.92 Å². The minimum atomic E-state index is -3.68. The van der Waals surface area contributed by atoms with Gasteiger partial charge in [0, 0.05) is 26.2 Å². The molecule has 2 aliphatic rings. The fourth-order valence-electron chi connectivity index (χ4n) is 4.04. The molecule has 1 aromatic carbocycles. The van der Waals surface area contributed by atoms with Gasteiger partial charge in [-0.1, -0.05) is 12.8 Å². The van der Waals surface area contributed by atoms with Gasteiger partial charge in [0.1, 0.15) is 5.76 Å². The number of aryl methyl sites for hydroxylation is 1. The van der Waals surface area contributed by atoms with E-state index in [1.54, 1.807) is 31.2 Å². The zero-order valence-corrected chi connectivity index (χ0v) is 18.6. The largest absolute Gasteiger partial charge is 0.456 e. The van der Waals surface area contributed by atoms with E-state index in [1.807, 2.05) is 6.07 Å². The van der Waals surface area contributed by atoms with Crippen molar-refractivity contribution in [3.05, 3.63) is 41.9 Å². The second-order valence-electron chi connectivity index (χ2n) is 7.96. The molecular formula is C22H29N3O5S. The third-order valence-electron chi connectivity index (χ3n) is 5.73. The summed E-state index contributed by atoms with van der Waals surface area (Å²) in [6.07, 6.45) is 4.48. The van der Waals surface area contributed by atoms with Crippen molar-refractivity contribution in [2.75, 3.05) is 49.6 Å². The summed E-state index contributed by atoms with van der Waals surface area (Å²) in [6.45, 7) is 4.93. The fourth-order valence-corrected chi connectivity index (χ4v) is 5.47. The summed E-state index contributed by atoms with van der Waals surface area (Å²) in [5.74, 6) is 0.437. The number of morpholine rings is 1. The first kappa shape index (κ1) is 21.9. The number of amides is 1. The van der Waals surface area contributed by atoms with Gasteiger partial charge in [-0.2, -0.15) is 4.31 Å². The Morgan fingerprint density at radius 3 is 2.32 bits per heavy atom. The molecule has 0 spiro atoms. The maximum atomic E-state index is 13.2. The number of anilines is 2. The summed E-state index contributed by atoms with van der Waals surface area (Å²) < 4.78 is 38.5. The normalized spacial score (nSPS) is 18.5. The molecule has 0 atom stereocenters. The Kier molecular flexibility index (Phi) is 6.64. The third kappa shape index (κ3) is 4.94. The fraction of sp³-hybridized carbons (Fsp3) is 0.500. The van der Waals surface area contributed by atoms with E-state index in [0.717, 1.165) is 31.6 Å². The predicted molar refractivity (Wildman–Crippen MR) is 118 cm³/mol. The van der Waals surface area contributed by atoms with Crippen molar-refractivity contribution < 1.29 is 22.4 Å². The Morgan fingerprint density at radius 1 is 0.968 bits per heavy atom. The predicted octanol–water partition coefficient (Wildman–Crippen LogP) is 3.24. The smallest absolute Gasteiger partial charge is 0.291 e. The molecule has 0 bridgehead atoms. The lowest BCUT2D eigenvalue weighted by Gasteiger charge is -2.28. The molecule has 1 aromatic heterocycles. The van der Waals surface area contributed by atoms with Gasteiger partial charge in [0.15, 0.2) is 5.76 Å².